The number of carbonyl (C=O) groups excluding carboxylic acids is 3. The van der Waals surface area contributed by atoms with Gasteiger partial charge in [-0.15, -0.1) is 0 Å². The molecule has 3 saturated carbocycles. The number of carbonyl (C=O) groups is 3. The molecule has 178 valence electrons. The number of ketones is 2. The number of alkyl halides is 1. The van der Waals surface area contributed by atoms with Gasteiger partial charge in [0.05, 0.1) is 12.0 Å². The molecule has 0 spiro atoms. The number of Topliss-reactive ketones (excluding diaryl/α,β-unsaturated/α-hetero) is 1. The number of hydrogen-bond donors (Lipinski definition) is 1. The highest BCUT2D eigenvalue weighted by Gasteiger charge is 2.66. The maximum Gasteiger partial charge on any atom is 0.306 e. The zero-order valence-corrected chi connectivity index (χ0v) is 19.6. The number of allylic oxidation sites excluding steroid dienone is 6. The molecule has 0 aromatic carbocycles. The van der Waals surface area contributed by atoms with Crippen LogP contribution < -0.4 is 0 Å². The maximum atomic E-state index is 15.5. The molecular formula is C27H33FO5. The van der Waals surface area contributed by atoms with E-state index in [2.05, 4.69) is 13.2 Å². The molecular weight excluding hydrogens is 423 g/mol. The minimum Gasteiger partial charge on any atom is -0.458 e. The van der Waals surface area contributed by atoms with E-state index in [4.69, 9.17) is 4.74 Å². The number of rotatable bonds is 5. The number of esters is 1. The van der Waals surface area contributed by atoms with Gasteiger partial charge in [-0.25, -0.2) is 4.39 Å². The predicted octanol–water partition coefficient (Wildman–Crippen LogP) is 4.07. The van der Waals surface area contributed by atoms with Gasteiger partial charge in [0.1, 0.15) is 6.17 Å². The van der Waals surface area contributed by atoms with Crippen molar-refractivity contribution < 1.29 is 28.6 Å². The van der Waals surface area contributed by atoms with Crippen LogP contribution in [0.1, 0.15) is 46.5 Å². The minimum absolute atomic E-state index is 0.156. The molecule has 3 fully saturated rings. The van der Waals surface area contributed by atoms with E-state index in [9.17, 15) is 19.5 Å². The summed E-state index contributed by atoms with van der Waals surface area (Å²) in [6.45, 7) is 13.8. The number of aliphatic hydroxyl groups is 1. The van der Waals surface area contributed by atoms with Crippen LogP contribution >= 0.6 is 0 Å². The monoisotopic (exact) mass is 456 g/mol. The first-order valence-electron chi connectivity index (χ1n) is 11.8. The number of halogens is 1. The quantitative estimate of drug-likeness (QED) is 0.631. The summed E-state index contributed by atoms with van der Waals surface area (Å²) in [5.74, 6) is -2.37. The van der Waals surface area contributed by atoms with Gasteiger partial charge in [-0.1, -0.05) is 40.0 Å². The van der Waals surface area contributed by atoms with Gasteiger partial charge in [0, 0.05) is 17.8 Å². The van der Waals surface area contributed by atoms with Gasteiger partial charge < -0.3 is 9.84 Å². The lowest BCUT2D eigenvalue weighted by molar-refractivity contribution is -0.153. The molecule has 2 unspecified atom stereocenters. The number of fused-ring (bicyclic) bond motifs is 5. The molecule has 4 aliphatic rings. The van der Waals surface area contributed by atoms with Gasteiger partial charge in [0.25, 0.3) is 0 Å². The molecule has 5 nitrogen and oxygen atoms in total. The summed E-state index contributed by atoms with van der Waals surface area (Å²) in [6.07, 6.45) is 3.81. The Kier molecular flexibility index (Phi) is 5.88. The van der Waals surface area contributed by atoms with Crippen LogP contribution in [0.25, 0.3) is 0 Å². The third-order valence-corrected chi connectivity index (χ3v) is 8.63. The van der Waals surface area contributed by atoms with E-state index in [0.717, 1.165) is 5.57 Å². The molecule has 33 heavy (non-hydrogen) atoms. The van der Waals surface area contributed by atoms with E-state index in [0.29, 0.717) is 24.0 Å². The van der Waals surface area contributed by atoms with Crippen LogP contribution in [0.4, 0.5) is 4.39 Å². The molecule has 1 N–H and O–H groups in total. The Hall–Kier alpha value is -2.34. The highest BCUT2D eigenvalue weighted by atomic mass is 19.1. The molecule has 4 rings (SSSR count). The maximum absolute atomic E-state index is 15.5. The van der Waals surface area contributed by atoms with Crippen molar-refractivity contribution in [2.75, 3.05) is 6.61 Å². The topological polar surface area (TPSA) is 80.7 Å². The standard InChI is InChI=1S/C27H33FO5/c1-6-7-22(32)33-13-21(31)24-15(3)14(2)23-17-11-19(28)18-10-16(29)8-9-26(18,4)25(17)20(30)12-27(23,24)5/h8-10,17,19-20,23-25,30H,2-3,6-7,11-13H2,1,4-5H3/t17-,19?,20?,23-,24+,25+,26-,27-/m0/s1. The lowest BCUT2D eigenvalue weighted by atomic mass is 9.46. The second-order valence-electron chi connectivity index (χ2n) is 10.6. The summed E-state index contributed by atoms with van der Waals surface area (Å²) in [5, 5.41) is 11.4. The van der Waals surface area contributed by atoms with Gasteiger partial charge in [-0.3, -0.25) is 14.4 Å². The van der Waals surface area contributed by atoms with Crippen LogP contribution in [-0.4, -0.2) is 41.5 Å². The molecule has 0 bridgehead atoms. The van der Waals surface area contributed by atoms with E-state index in [1.165, 1.54) is 12.2 Å². The second-order valence-corrected chi connectivity index (χ2v) is 10.6. The Labute approximate surface area is 194 Å². The lowest BCUT2D eigenvalue weighted by Gasteiger charge is -2.59. The predicted molar refractivity (Wildman–Crippen MR) is 122 cm³/mol. The Morgan fingerprint density at radius 3 is 2.64 bits per heavy atom. The van der Waals surface area contributed by atoms with E-state index in [-0.39, 0.29) is 48.8 Å². The molecule has 4 aliphatic carbocycles. The van der Waals surface area contributed by atoms with Gasteiger partial charge in [0.15, 0.2) is 18.2 Å². The number of hydrogen-bond acceptors (Lipinski definition) is 5. The number of ether oxygens (including phenoxy) is 1. The Balaban J connectivity index is 1.68. The molecule has 0 aromatic heterocycles. The van der Waals surface area contributed by atoms with Crippen molar-refractivity contribution >= 4 is 17.5 Å². The van der Waals surface area contributed by atoms with Gasteiger partial charge in [-0.2, -0.15) is 0 Å². The molecule has 0 aromatic rings. The van der Waals surface area contributed by atoms with Crippen LogP contribution in [0.15, 0.2) is 48.1 Å². The van der Waals surface area contributed by atoms with Crippen molar-refractivity contribution in [3.8, 4) is 0 Å². The third kappa shape index (κ3) is 3.49. The van der Waals surface area contributed by atoms with E-state index >= 15 is 4.39 Å². The van der Waals surface area contributed by atoms with Crippen LogP contribution in [0, 0.1) is 34.5 Å². The van der Waals surface area contributed by atoms with Crippen molar-refractivity contribution in [2.24, 2.45) is 34.5 Å². The first kappa shape index (κ1) is 23.8. The highest BCUT2D eigenvalue weighted by Crippen LogP contribution is 2.68. The molecule has 0 heterocycles. The zero-order valence-electron chi connectivity index (χ0n) is 19.6. The Bertz CT molecular complexity index is 992. The first-order valence-corrected chi connectivity index (χ1v) is 11.8. The zero-order chi connectivity index (χ0) is 24.3. The van der Waals surface area contributed by atoms with Crippen molar-refractivity contribution in [1.82, 2.24) is 0 Å². The van der Waals surface area contributed by atoms with Gasteiger partial charge >= 0.3 is 5.97 Å². The van der Waals surface area contributed by atoms with Crippen molar-refractivity contribution in [2.45, 2.75) is 58.7 Å². The van der Waals surface area contributed by atoms with Gasteiger partial charge in [0.2, 0.25) is 0 Å². The molecule has 8 atom stereocenters. The summed E-state index contributed by atoms with van der Waals surface area (Å²) in [5.41, 5.74) is 0.252. The fraction of sp³-hybridized carbons (Fsp3) is 0.593. The first-order chi connectivity index (χ1) is 15.5. The Morgan fingerprint density at radius 2 is 1.97 bits per heavy atom. The summed E-state index contributed by atoms with van der Waals surface area (Å²) < 4.78 is 20.6. The summed E-state index contributed by atoms with van der Waals surface area (Å²) in [6, 6.07) is 0. The van der Waals surface area contributed by atoms with Gasteiger partial charge in [-0.05, 0) is 65.4 Å². The van der Waals surface area contributed by atoms with Crippen molar-refractivity contribution in [3.63, 3.8) is 0 Å². The molecule has 0 saturated heterocycles. The normalized spacial score (nSPS) is 41.7. The fourth-order valence-electron chi connectivity index (χ4n) is 7.43. The van der Waals surface area contributed by atoms with Crippen molar-refractivity contribution in [1.29, 1.82) is 0 Å². The lowest BCUT2D eigenvalue weighted by Crippen LogP contribution is -2.58. The third-order valence-electron chi connectivity index (χ3n) is 8.63. The molecule has 0 amide bonds. The largest absolute Gasteiger partial charge is 0.458 e. The van der Waals surface area contributed by atoms with Crippen molar-refractivity contribution in [3.05, 3.63) is 48.1 Å². The van der Waals surface area contributed by atoms with E-state index < -0.39 is 35.0 Å². The smallest absolute Gasteiger partial charge is 0.306 e. The average molecular weight is 457 g/mol. The van der Waals surface area contributed by atoms with E-state index in [1.807, 2.05) is 20.8 Å². The SMILES string of the molecule is C=C1C(=C)[C@H]2[C@@H]3CC(F)C4=CC(=O)C=C[C@]4(C)[C@H]3C(O)C[C@]2(C)[C@H]1C(=O)COC(=O)CCC. The number of aliphatic hydroxyl groups excluding tert-OH is 1. The highest BCUT2D eigenvalue weighted by molar-refractivity contribution is 6.01. The van der Waals surface area contributed by atoms with Crippen LogP contribution in [0.3, 0.4) is 0 Å². The van der Waals surface area contributed by atoms with Crippen LogP contribution in [0.2, 0.25) is 0 Å². The van der Waals surface area contributed by atoms with E-state index in [1.54, 1.807) is 6.08 Å². The average Bonchev–Trinajstić information content (AvgIpc) is 2.92. The minimum atomic E-state index is -1.31. The summed E-state index contributed by atoms with van der Waals surface area (Å²) in [4.78, 5) is 37.0. The molecule has 0 radical (unpaired) electrons. The summed E-state index contributed by atoms with van der Waals surface area (Å²) >= 11 is 0. The Morgan fingerprint density at radius 1 is 1.27 bits per heavy atom. The van der Waals surface area contributed by atoms with Crippen LogP contribution in [-0.2, 0) is 19.1 Å². The molecule has 6 heteroatoms. The second kappa shape index (κ2) is 8.15. The summed E-state index contributed by atoms with van der Waals surface area (Å²) in [7, 11) is 0. The fourth-order valence-corrected chi connectivity index (χ4v) is 7.43. The molecule has 0 aliphatic heterocycles. The van der Waals surface area contributed by atoms with Crippen LogP contribution in [0.5, 0.6) is 0 Å².